The lowest BCUT2D eigenvalue weighted by Gasteiger charge is -2.33. The first-order chi connectivity index (χ1) is 14.5. The van der Waals surface area contributed by atoms with E-state index in [4.69, 9.17) is 0 Å². The van der Waals surface area contributed by atoms with Crippen LogP contribution in [0.25, 0.3) is 0 Å². The summed E-state index contributed by atoms with van der Waals surface area (Å²) in [6.45, 7) is 9.39. The average Bonchev–Trinajstić information content (AvgIpc) is 3.29. The molecule has 1 amide bonds. The fourth-order valence-electron chi connectivity index (χ4n) is 3.40. The summed E-state index contributed by atoms with van der Waals surface area (Å²) >= 11 is 1.49. The molecule has 7 nitrogen and oxygen atoms in total. The lowest BCUT2D eigenvalue weighted by atomic mass is 10.2. The van der Waals surface area contributed by atoms with Crippen molar-refractivity contribution in [2.75, 3.05) is 45.8 Å². The van der Waals surface area contributed by atoms with Gasteiger partial charge >= 0.3 is 0 Å². The highest BCUT2D eigenvalue weighted by molar-refractivity contribution is 7.89. The molecule has 1 aromatic heterocycles. The molecule has 1 aromatic carbocycles. The lowest BCUT2D eigenvalue weighted by molar-refractivity contribution is 0.0948. The van der Waals surface area contributed by atoms with Gasteiger partial charge in [0.05, 0.1) is 4.90 Å². The minimum Gasteiger partial charge on any atom is -0.352 e. The van der Waals surface area contributed by atoms with Crippen LogP contribution in [0.1, 0.15) is 28.6 Å². The maximum atomic E-state index is 12.5. The van der Waals surface area contributed by atoms with Crippen molar-refractivity contribution in [3.05, 3.63) is 52.2 Å². The van der Waals surface area contributed by atoms with Gasteiger partial charge in [0.2, 0.25) is 10.0 Å². The smallest absolute Gasteiger partial charge is 0.251 e. The van der Waals surface area contributed by atoms with E-state index in [0.717, 1.165) is 50.6 Å². The molecule has 2 aromatic rings. The van der Waals surface area contributed by atoms with Crippen LogP contribution in [0.15, 0.2) is 46.7 Å². The Bertz CT molecular complexity index is 908. The van der Waals surface area contributed by atoms with Crippen molar-refractivity contribution in [3.8, 4) is 0 Å². The van der Waals surface area contributed by atoms with Crippen LogP contribution in [0.3, 0.4) is 0 Å². The summed E-state index contributed by atoms with van der Waals surface area (Å²) in [5.41, 5.74) is 0.352. The third kappa shape index (κ3) is 6.61. The van der Waals surface area contributed by atoms with Crippen LogP contribution in [0, 0.1) is 0 Å². The SMILES string of the molecule is CCN1CCN(CCCNC(=O)c2cccc(S(=O)(=O)NCc3cccs3)c2)CC1. The highest BCUT2D eigenvalue weighted by atomic mass is 32.2. The van der Waals surface area contributed by atoms with Crippen molar-refractivity contribution in [1.29, 1.82) is 0 Å². The zero-order chi connectivity index (χ0) is 21.4. The number of nitrogens with zero attached hydrogens (tertiary/aromatic N) is 2. The van der Waals surface area contributed by atoms with Crippen molar-refractivity contribution < 1.29 is 13.2 Å². The molecular weight excluding hydrogens is 420 g/mol. The summed E-state index contributed by atoms with van der Waals surface area (Å²) in [6, 6.07) is 9.92. The van der Waals surface area contributed by atoms with E-state index in [1.54, 1.807) is 12.1 Å². The number of benzene rings is 1. The molecule has 0 atom stereocenters. The first-order valence-corrected chi connectivity index (χ1v) is 12.7. The number of carbonyl (C=O) groups is 1. The van der Waals surface area contributed by atoms with Gasteiger partial charge in [-0.1, -0.05) is 19.1 Å². The Morgan fingerprint density at radius 3 is 2.57 bits per heavy atom. The highest BCUT2D eigenvalue weighted by Gasteiger charge is 2.17. The van der Waals surface area contributed by atoms with Crippen molar-refractivity contribution in [3.63, 3.8) is 0 Å². The molecule has 0 bridgehead atoms. The van der Waals surface area contributed by atoms with E-state index in [-0.39, 0.29) is 17.3 Å². The van der Waals surface area contributed by atoms with Gasteiger partial charge in [0.15, 0.2) is 0 Å². The van der Waals surface area contributed by atoms with Gasteiger partial charge in [-0.3, -0.25) is 4.79 Å². The number of carbonyl (C=O) groups excluding carboxylic acids is 1. The van der Waals surface area contributed by atoms with Crippen LogP contribution in [0.4, 0.5) is 0 Å². The van der Waals surface area contributed by atoms with Crippen molar-refractivity contribution in [2.45, 2.75) is 24.8 Å². The first-order valence-electron chi connectivity index (χ1n) is 10.3. The van der Waals surface area contributed by atoms with E-state index in [2.05, 4.69) is 26.8 Å². The molecule has 3 rings (SSSR count). The standard InChI is InChI=1S/C21H30N4O3S2/c1-2-24-11-13-25(14-12-24)10-5-9-22-21(26)18-6-3-8-20(16-18)30(27,28)23-17-19-7-4-15-29-19/h3-4,6-8,15-16,23H,2,5,9-14,17H2,1H3,(H,22,26). The zero-order valence-electron chi connectivity index (χ0n) is 17.3. The van der Waals surface area contributed by atoms with Crippen LogP contribution in [-0.4, -0.2) is 69.9 Å². The Kier molecular flexibility index (Phi) is 8.41. The maximum Gasteiger partial charge on any atom is 0.251 e. The Hall–Kier alpha value is -1.78. The van der Waals surface area contributed by atoms with Gasteiger partial charge in [-0.25, -0.2) is 13.1 Å². The molecule has 164 valence electrons. The number of amides is 1. The van der Waals surface area contributed by atoms with Gasteiger partial charge in [0.1, 0.15) is 0 Å². The Labute approximate surface area is 183 Å². The number of likely N-dealkylation sites (N-methyl/N-ethyl adjacent to an activating group) is 1. The van der Waals surface area contributed by atoms with Gasteiger partial charge in [0.25, 0.3) is 5.91 Å². The molecule has 0 unspecified atom stereocenters. The van der Waals surface area contributed by atoms with E-state index in [9.17, 15) is 13.2 Å². The summed E-state index contributed by atoms with van der Waals surface area (Å²) in [5, 5.41) is 4.80. The molecule has 1 aliphatic heterocycles. The summed E-state index contributed by atoms with van der Waals surface area (Å²) in [4.78, 5) is 18.3. The molecule has 30 heavy (non-hydrogen) atoms. The zero-order valence-corrected chi connectivity index (χ0v) is 19.0. The summed E-state index contributed by atoms with van der Waals surface area (Å²) in [7, 11) is -3.67. The molecule has 2 N–H and O–H groups in total. The summed E-state index contributed by atoms with van der Waals surface area (Å²) in [5.74, 6) is -0.249. The Morgan fingerprint density at radius 1 is 1.10 bits per heavy atom. The molecular formula is C21H30N4O3S2. The third-order valence-electron chi connectivity index (χ3n) is 5.27. The van der Waals surface area contributed by atoms with E-state index in [1.807, 2.05) is 17.5 Å². The Morgan fingerprint density at radius 2 is 1.87 bits per heavy atom. The minimum absolute atomic E-state index is 0.0977. The predicted molar refractivity (Wildman–Crippen MR) is 120 cm³/mol. The fourth-order valence-corrected chi connectivity index (χ4v) is 5.19. The van der Waals surface area contributed by atoms with Gasteiger partial charge in [-0.2, -0.15) is 0 Å². The number of sulfonamides is 1. The van der Waals surface area contributed by atoms with Crippen LogP contribution in [0.5, 0.6) is 0 Å². The average molecular weight is 451 g/mol. The van der Waals surface area contributed by atoms with E-state index in [0.29, 0.717) is 12.1 Å². The second-order valence-corrected chi connectivity index (χ2v) is 10.1. The topological polar surface area (TPSA) is 81.8 Å². The number of hydrogen-bond acceptors (Lipinski definition) is 6. The number of thiophene rings is 1. The van der Waals surface area contributed by atoms with Gasteiger partial charge in [-0.05, 0) is 49.2 Å². The van der Waals surface area contributed by atoms with Gasteiger partial charge in [-0.15, -0.1) is 11.3 Å². The van der Waals surface area contributed by atoms with Crippen molar-refractivity contribution >= 4 is 27.3 Å². The molecule has 1 fully saturated rings. The summed E-state index contributed by atoms with van der Waals surface area (Å²) in [6.07, 6.45) is 0.873. The number of piperazine rings is 1. The Balaban J connectivity index is 1.46. The number of rotatable bonds is 10. The second-order valence-electron chi connectivity index (χ2n) is 7.32. The molecule has 1 aliphatic rings. The molecule has 2 heterocycles. The molecule has 9 heteroatoms. The largest absolute Gasteiger partial charge is 0.352 e. The fraction of sp³-hybridized carbons (Fsp3) is 0.476. The predicted octanol–water partition coefficient (Wildman–Crippen LogP) is 1.98. The molecule has 0 spiro atoms. The quantitative estimate of drug-likeness (QED) is 0.541. The molecule has 0 saturated carbocycles. The maximum absolute atomic E-state index is 12.5. The van der Waals surface area contributed by atoms with Crippen LogP contribution < -0.4 is 10.0 Å². The van der Waals surface area contributed by atoms with E-state index in [1.165, 1.54) is 23.5 Å². The second kappa shape index (κ2) is 11.0. The first kappa shape index (κ1) is 22.9. The number of nitrogens with one attached hydrogen (secondary N) is 2. The van der Waals surface area contributed by atoms with Crippen LogP contribution >= 0.6 is 11.3 Å². The highest BCUT2D eigenvalue weighted by Crippen LogP contribution is 2.14. The monoisotopic (exact) mass is 450 g/mol. The third-order valence-corrected chi connectivity index (χ3v) is 7.55. The van der Waals surface area contributed by atoms with Gasteiger partial charge in [0, 0.05) is 49.7 Å². The lowest BCUT2D eigenvalue weighted by Crippen LogP contribution is -2.46. The van der Waals surface area contributed by atoms with Gasteiger partial charge < -0.3 is 15.1 Å². The number of hydrogen-bond donors (Lipinski definition) is 2. The molecule has 0 aliphatic carbocycles. The normalized spacial score (nSPS) is 15.9. The minimum atomic E-state index is -3.67. The van der Waals surface area contributed by atoms with E-state index >= 15 is 0 Å². The van der Waals surface area contributed by atoms with E-state index < -0.39 is 10.0 Å². The molecule has 0 radical (unpaired) electrons. The summed E-state index contributed by atoms with van der Waals surface area (Å²) < 4.78 is 27.7. The van der Waals surface area contributed by atoms with Crippen molar-refractivity contribution in [1.82, 2.24) is 19.8 Å². The van der Waals surface area contributed by atoms with Crippen LogP contribution in [0.2, 0.25) is 0 Å². The molecule has 1 saturated heterocycles. The van der Waals surface area contributed by atoms with Crippen molar-refractivity contribution in [2.24, 2.45) is 0 Å². The van der Waals surface area contributed by atoms with Crippen LogP contribution in [-0.2, 0) is 16.6 Å².